The van der Waals surface area contributed by atoms with E-state index in [1.165, 1.54) is 79.8 Å². The van der Waals surface area contributed by atoms with Crippen LogP contribution in [0.1, 0.15) is 51.9 Å². The summed E-state index contributed by atoms with van der Waals surface area (Å²) < 4.78 is 0. The molecule has 2 aliphatic heterocycles. The standard InChI is InChI=1S/C53H64ClN11O12S2/c1-65(40(46(58)70)25-30-11-19-34(67)20-12-30)53(77)42-44-43(68)41(52(76)64-42)63-48(72)36(4-2-3-21-55)59-49(73)37(23-28-5-13-31(14-6-28)45(57)69)60-50(74)38(24-29-9-17-33(66)18-10-29)61-51(75)39(26-78-79-44)62-47(71)35(56)22-27-7-15-32(54)16-8-27/h5-20,35-44,66-68H,2-4,21-26,55-56H2,1H3,(H2,57,69)(H2,58,70)(H,59,73)(H,60,74)(H,61,75)(H,62,71)(H,63,72)(H,64,76)/t35-,36-,37+,38-,39+,40+,41-,42-,43-,44?/m0/s1. The van der Waals surface area contributed by atoms with Gasteiger partial charge in [0.05, 0.1) is 17.4 Å². The summed E-state index contributed by atoms with van der Waals surface area (Å²) in [7, 11) is 2.95. The summed E-state index contributed by atoms with van der Waals surface area (Å²) >= 11 is 6.08. The number of carbonyl (C=O) groups excluding carboxylic acids is 9. The summed E-state index contributed by atoms with van der Waals surface area (Å²) in [6.07, 6.45) is -1.83. The molecule has 0 saturated carbocycles. The Balaban J connectivity index is 1.41. The Morgan fingerprint density at radius 3 is 1.75 bits per heavy atom. The number of fused-ring (bicyclic) bond motifs is 2. The van der Waals surface area contributed by atoms with Crippen LogP contribution in [-0.4, -0.2) is 152 Å². The molecule has 17 N–H and O–H groups in total. The highest BCUT2D eigenvalue weighted by molar-refractivity contribution is 8.77. The molecule has 2 heterocycles. The molecule has 0 radical (unpaired) electrons. The van der Waals surface area contributed by atoms with Crippen LogP contribution >= 0.6 is 33.2 Å². The lowest BCUT2D eigenvalue weighted by Gasteiger charge is -2.41. The molecule has 10 atom stereocenters. The number of hydrogen-bond acceptors (Lipinski definition) is 16. The van der Waals surface area contributed by atoms with Crippen molar-refractivity contribution >= 4 is 86.4 Å². The summed E-state index contributed by atoms with van der Waals surface area (Å²) in [4.78, 5) is 127. The average Bonchev–Trinajstić information content (AvgIpc) is 3.43. The van der Waals surface area contributed by atoms with Crippen molar-refractivity contribution in [2.45, 2.75) is 105 Å². The molecule has 0 aromatic heterocycles. The molecular weight excluding hydrogens is 1080 g/mol. The van der Waals surface area contributed by atoms with Crippen molar-refractivity contribution in [2.75, 3.05) is 19.3 Å². The number of rotatable bonds is 18. The van der Waals surface area contributed by atoms with Crippen LogP contribution in [-0.2, 0) is 64.0 Å². The summed E-state index contributed by atoms with van der Waals surface area (Å²) in [5.41, 5.74) is 25.7. The van der Waals surface area contributed by atoms with Crippen LogP contribution < -0.4 is 54.8 Å². The van der Waals surface area contributed by atoms with Crippen molar-refractivity contribution in [3.63, 3.8) is 0 Å². The van der Waals surface area contributed by atoms with E-state index in [4.69, 9.17) is 34.5 Å². The van der Waals surface area contributed by atoms with Gasteiger partial charge in [0.1, 0.15) is 53.8 Å². The number of nitrogens with one attached hydrogen (secondary N) is 6. The van der Waals surface area contributed by atoms with Gasteiger partial charge in [-0.05, 0) is 103 Å². The first kappa shape index (κ1) is 60.8. The topological polar surface area (TPSA) is 394 Å². The number of phenols is 2. The molecule has 6 rings (SSSR count). The number of piperidine rings is 1. The van der Waals surface area contributed by atoms with Gasteiger partial charge in [0.2, 0.25) is 53.2 Å². The summed E-state index contributed by atoms with van der Waals surface area (Å²) in [5, 5.41) is 47.1. The number of phenolic OH excluding ortho intramolecular Hbond substituents is 2. The van der Waals surface area contributed by atoms with Crippen molar-refractivity contribution in [1.29, 1.82) is 0 Å². The highest BCUT2D eigenvalue weighted by atomic mass is 35.5. The number of nitrogens with two attached hydrogens (primary N) is 4. The largest absolute Gasteiger partial charge is 0.508 e. The van der Waals surface area contributed by atoms with E-state index >= 15 is 0 Å². The Bertz CT molecular complexity index is 2840. The number of nitrogens with zero attached hydrogens (tertiary/aromatic N) is 1. The van der Waals surface area contributed by atoms with Gasteiger partial charge in [-0.15, -0.1) is 0 Å². The molecular formula is C53H64ClN11O12S2. The first-order valence-corrected chi connectivity index (χ1v) is 27.9. The fourth-order valence-corrected chi connectivity index (χ4v) is 11.9. The molecule has 23 nitrogen and oxygen atoms in total. The van der Waals surface area contributed by atoms with E-state index in [9.17, 15) is 58.5 Å². The summed E-state index contributed by atoms with van der Waals surface area (Å²) in [6.45, 7) is 0.215. The van der Waals surface area contributed by atoms with Crippen LogP contribution in [0.15, 0.2) is 97.1 Å². The van der Waals surface area contributed by atoms with Crippen LogP contribution in [0.4, 0.5) is 0 Å². The molecule has 2 bridgehead atoms. The maximum atomic E-state index is 14.8. The van der Waals surface area contributed by atoms with Gasteiger partial charge < -0.3 is 75.1 Å². The second-order valence-electron chi connectivity index (χ2n) is 19.1. The van der Waals surface area contributed by atoms with Crippen molar-refractivity contribution in [3.8, 4) is 11.5 Å². The van der Waals surface area contributed by atoms with Crippen molar-refractivity contribution in [3.05, 3.63) is 130 Å². The Morgan fingerprint density at radius 2 is 1.19 bits per heavy atom. The average molecular weight is 1150 g/mol. The van der Waals surface area contributed by atoms with Crippen molar-refractivity contribution in [1.82, 2.24) is 36.8 Å². The molecule has 2 aliphatic rings. The molecule has 422 valence electrons. The SMILES string of the molecule is CN(C(=O)[C@H]1NC(=O)[C@H]2NC(=O)[C@H](CCCCN)NC(=O)[C@@H](Cc3ccc(C(N)=O)cc3)NC(=O)[C@H](Cc3ccc(O)cc3)NC(=O)[C@H](NC(=O)[C@@H](N)Cc3ccc(Cl)cc3)CSSC1[C@H]2O)[C@H](Cc1ccc(O)cc1)C(N)=O. The fraction of sp³-hybridized carbons (Fsp3) is 0.377. The Hall–Kier alpha value is -7.42. The lowest BCUT2D eigenvalue weighted by molar-refractivity contribution is -0.145. The zero-order chi connectivity index (χ0) is 57.5. The molecule has 26 heteroatoms. The van der Waals surface area contributed by atoms with Gasteiger partial charge in [0.25, 0.3) is 0 Å². The predicted octanol–water partition coefficient (Wildman–Crippen LogP) is -1.06. The molecule has 79 heavy (non-hydrogen) atoms. The maximum Gasteiger partial charge on any atom is 0.248 e. The number of aliphatic hydroxyl groups excluding tert-OH is 1. The number of halogens is 1. The number of primary amides is 2. The predicted molar refractivity (Wildman–Crippen MR) is 296 cm³/mol. The Labute approximate surface area is 467 Å². The number of likely N-dealkylation sites (N-methyl/N-ethyl adjacent to an activating group) is 1. The van der Waals surface area contributed by atoms with Crippen LogP contribution in [0.2, 0.25) is 5.02 Å². The number of aliphatic hydroxyl groups is 1. The van der Waals surface area contributed by atoms with Crippen LogP contribution in [0, 0.1) is 0 Å². The molecule has 4 aromatic rings. The smallest absolute Gasteiger partial charge is 0.248 e. The van der Waals surface area contributed by atoms with Crippen LogP contribution in [0.3, 0.4) is 0 Å². The molecule has 1 unspecified atom stereocenters. The fourth-order valence-electron chi connectivity index (χ4n) is 8.76. The van der Waals surface area contributed by atoms with E-state index in [-0.39, 0.29) is 67.9 Å². The highest BCUT2D eigenvalue weighted by Crippen LogP contribution is 2.36. The van der Waals surface area contributed by atoms with Crippen LogP contribution in [0.25, 0.3) is 0 Å². The minimum atomic E-state index is -1.89. The maximum absolute atomic E-state index is 14.8. The van der Waals surface area contributed by atoms with E-state index < -0.39 is 113 Å². The normalized spacial score (nSPS) is 22.9. The monoisotopic (exact) mass is 1150 g/mol. The minimum absolute atomic E-state index is 0.00509. The number of benzene rings is 4. The molecule has 0 aliphatic carbocycles. The molecule has 4 aromatic carbocycles. The Kier molecular flexibility index (Phi) is 21.9. The number of carbonyl (C=O) groups is 9. The molecule has 2 saturated heterocycles. The third-order valence-corrected chi connectivity index (χ3v) is 16.4. The van der Waals surface area contributed by atoms with E-state index in [2.05, 4.69) is 31.9 Å². The van der Waals surface area contributed by atoms with E-state index in [1.807, 2.05) is 0 Å². The minimum Gasteiger partial charge on any atom is -0.508 e. The van der Waals surface area contributed by atoms with Gasteiger partial charge in [0.15, 0.2) is 0 Å². The lowest BCUT2D eigenvalue weighted by Crippen LogP contribution is -2.71. The van der Waals surface area contributed by atoms with E-state index in [0.29, 0.717) is 33.7 Å². The zero-order valence-corrected chi connectivity index (χ0v) is 45.2. The molecule has 0 spiro atoms. The third-order valence-electron chi connectivity index (χ3n) is 13.3. The second-order valence-corrected chi connectivity index (χ2v) is 22.2. The van der Waals surface area contributed by atoms with Crippen LogP contribution in [0.5, 0.6) is 11.5 Å². The number of amides is 9. The number of unbranched alkanes of at least 4 members (excludes halogenated alkanes) is 1. The van der Waals surface area contributed by atoms with Gasteiger partial charge in [-0.25, -0.2) is 0 Å². The van der Waals surface area contributed by atoms with E-state index in [0.717, 1.165) is 26.5 Å². The summed E-state index contributed by atoms with van der Waals surface area (Å²) in [5.74, 6) is -8.50. The second kappa shape index (κ2) is 28.5. The lowest BCUT2D eigenvalue weighted by atomic mass is 9.93. The number of hydrogen-bond donors (Lipinski definition) is 13. The Morgan fingerprint density at radius 1 is 0.684 bits per heavy atom. The van der Waals surface area contributed by atoms with Gasteiger partial charge in [0, 0.05) is 42.6 Å². The van der Waals surface area contributed by atoms with E-state index in [1.54, 1.807) is 24.3 Å². The van der Waals surface area contributed by atoms with Crippen molar-refractivity contribution < 1.29 is 58.5 Å². The van der Waals surface area contributed by atoms with Crippen molar-refractivity contribution in [2.24, 2.45) is 22.9 Å². The third kappa shape index (κ3) is 17.0. The van der Waals surface area contributed by atoms with Gasteiger partial charge >= 0.3 is 0 Å². The van der Waals surface area contributed by atoms with Gasteiger partial charge in [-0.2, -0.15) is 0 Å². The quantitative estimate of drug-likeness (QED) is 0.0417. The molecule has 9 amide bonds. The van der Waals surface area contributed by atoms with Gasteiger partial charge in [-0.3, -0.25) is 43.2 Å². The summed E-state index contributed by atoms with van der Waals surface area (Å²) in [6, 6.07) is 12.1. The van der Waals surface area contributed by atoms with Gasteiger partial charge in [-0.1, -0.05) is 81.7 Å². The first-order chi connectivity index (χ1) is 37.6. The molecule has 2 fully saturated rings. The zero-order valence-electron chi connectivity index (χ0n) is 42.8. The highest BCUT2D eigenvalue weighted by Gasteiger charge is 2.50. The first-order valence-electron chi connectivity index (χ1n) is 25.1. The number of aromatic hydroxyl groups is 2.